The van der Waals surface area contributed by atoms with Crippen LogP contribution in [0, 0.1) is 0 Å². The van der Waals surface area contributed by atoms with Crippen molar-refractivity contribution in [3.05, 3.63) is 24.3 Å². The molecule has 9 heteroatoms. The SMILES string of the molecule is C[C@@H](NS(=O)(=O)c1ccc(OCCCCl)cc1)C(=O)NO. The van der Waals surface area contributed by atoms with Crippen LogP contribution in [-0.4, -0.2) is 38.1 Å². The molecule has 118 valence electrons. The normalized spacial score (nSPS) is 12.7. The summed E-state index contributed by atoms with van der Waals surface area (Å²) in [6, 6.07) is 4.66. The quantitative estimate of drug-likeness (QED) is 0.283. The van der Waals surface area contributed by atoms with E-state index in [9.17, 15) is 13.2 Å². The molecule has 0 heterocycles. The number of nitrogens with one attached hydrogen (secondary N) is 2. The van der Waals surface area contributed by atoms with Gasteiger partial charge in [0.25, 0.3) is 5.91 Å². The Morgan fingerprint density at radius 2 is 2.00 bits per heavy atom. The minimum atomic E-state index is -3.86. The van der Waals surface area contributed by atoms with E-state index in [2.05, 4.69) is 4.72 Å². The molecule has 0 saturated heterocycles. The van der Waals surface area contributed by atoms with Crippen LogP contribution in [0.5, 0.6) is 5.75 Å². The summed E-state index contributed by atoms with van der Waals surface area (Å²) in [7, 11) is -3.86. The summed E-state index contributed by atoms with van der Waals surface area (Å²) < 4.78 is 31.5. The van der Waals surface area contributed by atoms with E-state index in [4.69, 9.17) is 21.5 Å². The fraction of sp³-hybridized carbons (Fsp3) is 0.417. The average molecular weight is 337 g/mol. The fourth-order valence-corrected chi connectivity index (χ4v) is 2.72. The molecule has 1 atom stereocenters. The molecule has 1 rings (SSSR count). The molecule has 1 aromatic carbocycles. The molecule has 0 fully saturated rings. The van der Waals surface area contributed by atoms with E-state index in [0.29, 0.717) is 24.7 Å². The molecule has 7 nitrogen and oxygen atoms in total. The van der Waals surface area contributed by atoms with E-state index < -0.39 is 22.0 Å². The molecule has 21 heavy (non-hydrogen) atoms. The van der Waals surface area contributed by atoms with Crippen LogP contribution in [0.2, 0.25) is 0 Å². The lowest BCUT2D eigenvalue weighted by Gasteiger charge is -2.12. The molecule has 0 spiro atoms. The number of ether oxygens (including phenoxy) is 1. The van der Waals surface area contributed by atoms with Crippen molar-refractivity contribution >= 4 is 27.5 Å². The third-order valence-electron chi connectivity index (χ3n) is 2.52. The van der Waals surface area contributed by atoms with Gasteiger partial charge < -0.3 is 4.74 Å². The van der Waals surface area contributed by atoms with E-state index in [1.807, 2.05) is 0 Å². The number of hydroxylamine groups is 1. The Kier molecular flexibility index (Phi) is 6.90. The molecule has 0 radical (unpaired) electrons. The maximum absolute atomic E-state index is 12.0. The number of carbonyl (C=O) groups excluding carboxylic acids is 1. The van der Waals surface area contributed by atoms with E-state index in [0.717, 1.165) is 0 Å². The van der Waals surface area contributed by atoms with Gasteiger partial charge in [0.2, 0.25) is 10.0 Å². The molecule has 0 bridgehead atoms. The lowest BCUT2D eigenvalue weighted by molar-refractivity contribution is -0.130. The van der Waals surface area contributed by atoms with Gasteiger partial charge in [0, 0.05) is 5.88 Å². The number of amides is 1. The fourth-order valence-electron chi connectivity index (χ4n) is 1.41. The van der Waals surface area contributed by atoms with Crippen LogP contribution in [-0.2, 0) is 14.8 Å². The van der Waals surface area contributed by atoms with Crippen LogP contribution < -0.4 is 14.9 Å². The number of rotatable bonds is 8. The monoisotopic (exact) mass is 336 g/mol. The highest BCUT2D eigenvalue weighted by Gasteiger charge is 2.21. The number of alkyl halides is 1. The minimum Gasteiger partial charge on any atom is -0.494 e. The lowest BCUT2D eigenvalue weighted by atomic mass is 10.3. The van der Waals surface area contributed by atoms with Gasteiger partial charge in [-0.3, -0.25) is 10.0 Å². The van der Waals surface area contributed by atoms with Gasteiger partial charge in [0.05, 0.1) is 11.5 Å². The first-order valence-electron chi connectivity index (χ1n) is 6.16. The number of benzene rings is 1. The topological polar surface area (TPSA) is 105 Å². The number of carbonyl (C=O) groups is 1. The summed E-state index contributed by atoms with van der Waals surface area (Å²) in [5, 5.41) is 8.45. The molecule has 0 aliphatic carbocycles. The first-order valence-corrected chi connectivity index (χ1v) is 8.17. The smallest absolute Gasteiger partial charge is 0.261 e. The second kappa shape index (κ2) is 8.18. The molecular weight excluding hydrogens is 320 g/mol. The van der Waals surface area contributed by atoms with Crippen LogP contribution in [0.15, 0.2) is 29.2 Å². The van der Waals surface area contributed by atoms with Crippen molar-refractivity contribution in [1.29, 1.82) is 0 Å². The van der Waals surface area contributed by atoms with Crippen LogP contribution in [0.1, 0.15) is 13.3 Å². The zero-order chi connectivity index (χ0) is 15.9. The van der Waals surface area contributed by atoms with Crippen molar-refractivity contribution in [1.82, 2.24) is 10.2 Å². The number of halogens is 1. The molecule has 1 amide bonds. The summed E-state index contributed by atoms with van der Waals surface area (Å²) in [4.78, 5) is 11.1. The van der Waals surface area contributed by atoms with E-state index in [1.54, 1.807) is 0 Å². The third-order valence-corrected chi connectivity index (χ3v) is 4.34. The van der Waals surface area contributed by atoms with Crippen LogP contribution in [0.25, 0.3) is 0 Å². The minimum absolute atomic E-state index is 0.00946. The van der Waals surface area contributed by atoms with Crippen molar-refractivity contribution < 1.29 is 23.2 Å². The average Bonchev–Trinajstić information content (AvgIpc) is 2.46. The van der Waals surface area contributed by atoms with Crippen molar-refractivity contribution in [3.8, 4) is 5.75 Å². The van der Waals surface area contributed by atoms with Gasteiger partial charge >= 0.3 is 0 Å². The summed E-state index contributed by atoms with van der Waals surface area (Å²) in [5.74, 6) is 0.168. The first kappa shape index (κ1) is 17.7. The standard InChI is InChI=1S/C12H17ClN2O5S/c1-9(12(16)14-17)15-21(18,19)11-5-3-10(4-6-11)20-8-2-7-13/h3-6,9,15,17H,2,7-8H2,1H3,(H,14,16)/t9-/m1/s1. The number of hydrogen-bond donors (Lipinski definition) is 3. The largest absolute Gasteiger partial charge is 0.494 e. The Hall–Kier alpha value is -1.35. The van der Waals surface area contributed by atoms with E-state index in [1.165, 1.54) is 36.7 Å². The first-order chi connectivity index (χ1) is 9.90. The van der Waals surface area contributed by atoms with Gasteiger partial charge in [-0.05, 0) is 37.6 Å². The van der Waals surface area contributed by atoms with E-state index >= 15 is 0 Å². The lowest BCUT2D eigenvalue weighted by Crippen LogP contribution is -2.43. The van der Waals surface area contributed by atoms with Crippen molar-refractivity contribution in [2.45, 2.75) is 24.3 Å². The molecule has 0 aromatic heterocycles. The van der Waals surface area contributed by atoms with Gasteiger partial charge in [0.1, 0.15) is 11.8 Å². The van der Waals surface area contributed by atoms with Crippen molar-refractivity contribution in [2.24, 2.45) is 0 Å². The molecule has 0 aliphatic heterocycles. The maximum Gasteiger partial charge on any atom is 0.261 e. The molecule has 0 aliphatic rings. The Morgan fingerprint density at radius 1 is 1.38 bits per heavy atom. The Bertz CT molecular complexity index is 562. The molecule has 3 N–H and O–H groups in total. The predicted molar refractivity (Wildman–Crippen MR) is 77.0 cm³/mol. The van der Waals surface area contributed by atoms with Gasteiger partial charge in [0.15, 0.2) is 0 Å². The zero-order valence-electron chi connectivity index (χ0n) is 11.4. The van der Waals surface area contributed by atoms with Crippen LogP contribution >= 0.6 is 11.6 Å². The summed E-state index contributed by atoms with van der Waals surface area (Å²) >= 11 is 5.52. The highest BCUT2D eigenvalue weighted by molar-refractivity contribution is 7.89. The molecular formula is C12H17ClN2O5S. The van der Waals surface area contributed by atoms with Crippen molar-refractivity contribution in [2.75, 3.05) is 12.5 Å². The number of hydrogen-bond acceptors (Lipinski definition) is 5. The molecule has 1 aromatic rings. The molecule has 0 unspecified atom stereocenters. The van der Waals surface area contributed by atoms with Crippen LogP contribution in [0.4, 0.5) is 0 Å². The summed E-state index contributed by atoms with van der Waals surface area (Å²) in [5.41, 5.74) is 1.38. The highest BCUT2D eigenvalue weighted by Crippen LogP contribution is 2.16. The number of sulfonamides is 1. The Morgan fingerprint density at radius 3 is 2.52 bits per heavy atom. The van der Waals surface area contributed by atoms with Gasteiger partial charge in [-0.15, -0.1) is 11.6 Å². The Balaban J connectivity index is 2.73. The Labute approximate surface area is 128 Å². The predicted octanol–water partition coefficient (Wildman–Crippen LogP) is 0.866. The summed E-state index contributed by atoms with van der Waals surface area (Å²) in [6.45, 7) is 1.76. The van der Waals surface area contributed by atoms with E-state index in [-0.39, 0.29) is 4.90 Å². The second-order valence-corrected chi connectivity index (χ2v) is 6.27. The van der Waals surface area contributed by atoms with Crippen LogP contribution in [0.3, 0.4) is 0 Å². The summed E-state index contributed by atoms with van der Waals surface area (Å²) in [6.07, 6.45) is 0.691. The second-order valence-electron chi connectivity index (χ2n) is 4.18. The molecule has 0 saturated carbocycles. The van der Waals surface area contributed by atoms with Gasteiger partial charge in [-0.2, -0.15) is 4.72 Å². The van der Waals surface area contributed by atoms with Gasteiger partial charge in [-0.25, -0.2) is 13.9 Å². The maximum atomic E-state index is 12.0. The third kappa shape index (κ3) is 5.50. The highest BCUT2D eigenvalue weighted by atomic mass is 35.5. The zero-order valence-corrected chi connectivity index (χ0v) is 12.9. The van der Waals surface area contributed by atoms with Crippen molar-refractivity contribution in [3.63, 3.8) is 0 Å². The van der Waals surface area contributed by atoms with Gasteiger partial charge in [-0.1, -0.05) is 0 Å².